The predicted octanol–water partition coefficient (Wildman–Crippen LogP) is 2.88. The second-order valence-corrected chi connectivity index (χ2v) is 5.06. The van der Waals surface area contributed by atoms with Crippen molar-refractivity contribution < 1.29 is 4.92 Å². The van der Waals surface area contributed by atoms with Crippen molar-refractivity contribution in [3.63, 3.8) is 0 Å². The summed E-state index contributed by atoms with van der Waals surface area (Å²) in [7, 11) is 0. The van der Waals surface area contributed by atoms with Gasteiger partial charge in [-0.2, -0.15) is 0 Å². The Kier molecular flexibility index (Phi) is 4.74. The average molecular weight is 263 g/mol. The van der Waals surface area contributed by atoms with Crippen LogP contribution in [0.5, 0.6) is 0 Å². The maximum Gasteiger partial charge on any atom is 0.269 e. The Morgan fingerprint density at radius 3 is 2.47 bits per heavy atom. The van der Waals surface area contributed by atoms with Crippen LogP contribution in [0.15, 0.2) is 24.3 Å². The van der Waals surface area contributed by atoms with Crippen molar-refractivity contribution in [3.8, 4) is 0 Å². The maximum atomic E-state index is 10.6. The average Bonchev–Trinajstić information content (AvgIpc) is 2.42. The van der Waals surface area contributed by atoms with E-state index in [1.165, 1.54) is 13.0 Å². The summed E-state index contributed by atoms with van der Waals surface area (Å²) < 4.78 is 0. The van der Waals surface area contributed by atoms with E-state index in [4.69, 9.17) is 0 Å². The minimum absolute atomic E-state index is 0.142. The monoisotopic (exact) mass is 263 g/mol. The number of nitro benzene ring substituents is 1. The Morgan fingerprint density at radius 2 is 1.95 bits per heavy atom. The van der Waals surface area contributed by atoms with E-state index in [1.54, 1.807) is 24.3 Å². The number of likely N-dealkylation sites (tertiary alicyclic amines) is 1. The van der Waals surface area contributed by atoms with E-state index >= 15 is 0 Å². The van der Waals surface area contributed by atoms with Crippen LogP contribution in [0.3, 0.4) is 0 Å². The molecule has 1 N–H and O–H groups in total. The molecular formula is C14H21N3O2. The molecule has 5 heteroatoms. The highest BCUT2D eigenvalue weighted by molar-refractivity contribution is 5.49. The number of rotatable bonds is 5. The topological polar surface area (TPSA) is 58.4 Å². The third kappa shape index (κ3) is 3.92. The van der Waals surface area contributed by atoms with Gasteiger partial charge in [0.1, 0.15) is 0 Å². The molecule has 0 bridgehead atoms. The summed E-state index contributed by atoms with van der Waals surface area (Å²) in [5.74, 6) is 0. The van der Waals surface area contributed by atoms with Crippen LogP contribution in [0.2, 0.25) is 0 Å². The van der Waals surface area contributed by atoms with Crippen LogP contribution < -0.4 is 5.32 Å². The van der Waals surface area contributed by atoms with Crippen LogP contribution in [0.25, 0.3) is 0 Å². The molecule has 0 aromatic heterocycles. The number of piperidine rings is 1. The minimum atomic E-state index is -0.368. The number of anilines is 1. The van der Waals surface area contributed by atoms with Gasteiger partial charge in [0.15, 0.2) is 0 Å². The van der Waals surface area contributed by atoms with E-state index in [2.05, 4.69) is 17.1 Å². The van der Waals surface area contributed by atoms with E-state index in [0.29, 0.717) is 6.04 Å². The van der Waals surface area contributed by atoms with Crippen LogP contribution in [0, 0.1) is 10.1 Å². The van der Waals surface area contributed by atoms with E-state index < -0.39 is 0 Å². The van der Waals surface area contributed by atoms with Gasteiger partial charge in [-0.25, -0.2) is 0 Å². The van der Waals surface area contributed by atoms with Crippen molar-refractivity contribution in [1.82, 2.24) is 4.90 Å². The van der Waals surface area contributed by atoms with Gasteiger partial charge in [-0.05, 0) is 37.9 Å². The standard InChI is InChI=1S/C14H21N3O2/c1-2-9-16-10-7-13(8-11-16)15-12-3-5-14(6-4-12)17(18)19/h3-6,13,15H,2,7-11H2,1H3. The molecule has 1 saturated heterocycles. The molecule has 0 saturated carbocycles. The van der Waals surface area contributed by atoms with Crippen molar-refractivity contribution in [2.45, 2.75) is 32.2 Å². The van der Waals surface area contributed by atoms with E-state index in [-0.39, 0.29) is 10.6 Å². The van der Waals surface area contributed by atoms with Crippen LogP contribution in [-0.2, 0) is 0 Å². The lowest BCUT2D eigenvalue weighted by atomic mass is 10.0. The third-order valence-corrected chi connectivity index (χ3v) is 3.58. The number of nitrogens with one attached hydrogen (secondary N) is 1. The summed E-state index contributed by atoms with van der Waals surface area (Å²) in [6, 6.07) is 7.16. The Morgan fingerprint density at radius 1 is 1.32 bits per heavy atom. The number of nitrogens with zero attached hydrogens (tertiary/aromatic N) is 2. The summed E-state index contributed by atoms with van der Waals surface area (Å²) in [6.45, 7) is 5.67. The van der Waals surface area contributed by atoms with Gasteiger partial charge in [0.2, 0.25) is 0 Å². The molecule has 0 spiro atoms. The smallest absolute Gasteiger partial charge is 0.269 e. The molecule has 19 heavy (non-hydrogen) atoms. The molecule has 0 radical (unpaired) electrons. The summed E-state index contributed by atoms with van der Waals surface area (Å²) in [4.78, 5) is 12.7. The van der Waals surface area contributed by atoms with E-state index in [9.17, 15) is 10.1 Å². The van der Waals surface area contributed by atoms with Gasteiger partial charge in [0, 0.05) is 37.0 Å². The van der Waals surface area contributed by atoms with Crippen LogP contribution in [0.1, 0.15) is 26.2 Å². The number of non-ortho nitro benzene ring substituents is 1. The first kappa shape index (κ1) is 13.8. The number of nitro groups is 1. The van der Waals surface area contributed by atoms with Gasteiger partial charge in [0.05, 0.1) is 4.92 Å². The molecule has 104 valence electrons. The van der Waals surface area contributed by atoms with Crippen LogP contribution in [-0.4, -0.2) is 35.5 Å². The molecule has 1 aromatic carbocycles. The Balaban J connectivity index is 1.83. The van der Waals surface area contributed by atoms with Crippen molar-refractivity contribution in [1.29, 1.82) is 0 Å². The SMILES string of the molecule is CCCN1CCC(Nc2ccc([N+](=O)[O-])cc2)CC1. The summed E-state index contributed by atoms with van der Waals surface area (Å²) >= 11 is 0. The zero-order valence-corrected chi connectivity index (χ0v) is 11.3. The number of benzene rings is 1. The first-order chi connectivity index (χ1) is 9.19. The highest BCUT2D eigenvalue weighted by atomic mass is 16.6. The predicted molar refractivity (Wildman–Crippen MR) is 76.5 cm³/mol. The molecule has 2 rings (SSSR count). The lowest BCUT2D eigenvalue weighted by molar-refractivity contribution is -0.384. The van der Waals surface area contributed by atoms with E-state index in [0.717, 1.165) is 31.6 Å². The normalized spacial score (nSPS) is 17.3. The van der Waals surface area contributed by atoms with Gasteiger partial charge in [-0.1, -0.05) is 6.92 Å². The summed E-state index contributed by atoms with van der Waals surface area (Å²) in [5.41, 5.74) is 1.11. The third-order valence-electron chi connectivity index (χ3n) is 3.58. The highest BCUT2D eigenvalue weighted by Crippen LogP contribution is 2.19. The van der Waals surface area contributed by atoms with Crippen LogP contribution in [0.4, 0.5) is 11.4 Å². The molecule has 5 nitrogen and oxygen atoms in total. The molecule has 1 fully saturated rings. The fourth-order valence-electron chi connectivity index (χ4n) is 2.53. The largest absolute Gasteiger partial charge is 0.382 e. The first-order valence-electron chi connectivity index (χ1n) is 6.92. The van der Waals surface area contributed by atoms with E-state index in [1.807, 2.05) is 0 Å². The summed E-state index contributed by atoms with van der Waals surface area (Å²) in [6.07, 6.45) is 3.48. The van der Waals surface area contributed by atoms with Crippen molar-refractivity contribution >= 4 is 11.4 Å². The maximum absolute atomic E-state index is 10.6. The Labute approximate surface area is 113 Å². The van der Waals surface area contributed by atoms with Crippen molar-refractivity contribution in [2.75, 3.05) is 25.0 Å². The van der Waals surface area contributed by atoms with Crippen molar-refractivity contribution in [3.05, 3.63) is 34.4 Å². The lowest BCUT2D eigenvalue weighted by Crippen LogP contribution is -2.39. The molecule has 1 aliphatic heterocycles. The number of hydrogen-bond donors (Lipinski definition) is 1. The summed E-state index contributed by atoms with van der Waals surface area (Å²) in [5, 5.41) is 14.0. The van der Waals surface area contributed by atoms with Gasteiger partial charge in [-0.3, -0.25) is 10.1 Å². The molecular weight excluding hydrogens is 242 g/mol. The quantitative estimate of drug-likeness (QED) is 0.655. The first-order valence-corrected chi connectivity index (χ1v) is 6.92. The molecule has 1 heterocycles. The highest BCUT2D eigenvalue weighted by Gasteiger charge is 2.18. The van der Waals surface area contributed by atoms with Crippen molar-refractivity contribution in [2.24, 2.45) is 0 Å². The molecule has 0 atom stereocenters. The zero-order chi connectivity index (χ0) is 13.7. The van der Waals surface area contributed by atoms with Gasteiger partial charge in [-0.15, -0.1) is 0 Å². The minimum Gasteiger partial charge on any atom is -0.382 e. The van der Waals surface area contributed by atoms with Gasteiger partial charge < -0.3 is 10.2 Å². The fraction of sp³-hybridized carbons (Fsp3) is 0.571. The molecule has 0 unspecified atom stereocenters. The second kappa shape index (κ2) is 6.52. The molecule has 1 aromatic rings. The Bertz CT molecular complexity index is 411. The Hall–Kier alpha value is -1.62. The number of hydrogen-bond acceptors (Lipinski definition) is 4. The second-order valence-electron chi connectivity index (χ2n) is 5.06. The van der Waals surface area contributed by atoms with Gasteiger partial charge >= 0.3 is 0 Å². The fourth-order valence-corrected chi connectivity index (χ4v) is 2.53. The van der Waals surface area contributed by atoms with Gasteiger partial charge in [0.25, 0.3) is 5.69 Å². The zero-order valence-electron chi connectivity index (χ0n) is 11.3. The molecule has 1 aliphatic rings. The van der Waals surface area contributed by atoms with Crippen LogP contribution >= 0.6 is 0 Å². The molecule has 0 aliphatic carbocycles. The molecule has 0 amide bonds. The lowest BCUT2D eigenvalue weighted by Gasteiger charge is -2.32.